The number of rotatable bonds is 8. The van der Waals surface area contributed by atoms with Crippen molar-refractivity contribution in [3.63, 3.8) is 0 Å². The largest absolute Gasteiger partial charge is 0.494 e. The lowest BCUT2D eigenvalue weighted by molar-refractivity contribution is -0.131. The standard InChI is InChI=1S/C15H18O4/c1-2-3-4-11-19-13-7-5-12(6-8-13)14(16)9-10-15(17)18/h5-10H,2-4,11H2,1H3,(H,17,18)/b10-9+. The number of carboxylic acid groups (broad SMARTS) is 1. The van der Waals surface area contributed by atoms with Gasteiger partial charge in [0, 0.05) is 11.6 Å². The van der Waals surface area contributed by atoms with E-state index in [2.05, 4.69) is 6.92 Å². The lowest BCUT2D eigenvalue weighted by atomic mass is 10.1. The molecule has 1 aromatic carbocycles. The van der Waals surface area contributed by atoms with E-state index in [0.29, 0.717) is 12.2 Å². The summed E-state index contributed by atoms with van der Waals surface area (Å²) in [6.07, 6.45) is 5.17. The van der Waals surface area contributed by atoms with Crippen molar-refractivity contribution in [2.75, 3.05) is 6.61 Å². The molecule has 0 atom stereocenters. The van der Waals surface area contributed by atoms with Crippen LogP contribution in [0.15, 0.2) is 36.4 Å². The zero-order valence-electron chi connectivity index (χ0n) is 11.0. The number of carboxylic acids is 1. The molecule has 0 aliphatic carbocycles. The third kappa shape index (κ3) is 5.86. The predicted octanol–water partition coefficient (Wildman–Crippen LogP) is 3.08. The van der Waals surface area contributed by atoms with E-state index in [-0.39, 0.29) is 5.78 Å². The Morgan fingerprint density at radius 2 is 1.84 bits per heavy atom. The predicted molar refractivity (Wildman–Crippen MR) is 72.6 cm³/mol. The van der Waals surface area contributed by atoms with E-state index < -0.39 is 5.97 Å². The Kier molecular flexibility index (Phi) is 6.36. The fourth-order valence-electron chi connectivity index (χ4n) is 1.50. The number of carbonyl (C=O) groups is 2. The maximum Gasteiger partial charge on any atom is 0.328 e. The summed E-state index contributed by atoms with van der Waals surface area (Å²) in [4.78, 5) is 21.9. The van der Waals surface area contributed by atoms with Gasteiger partial charge in [-0.3, -0.25) is 4.79 Å². The second-order valence-corrected chi connectivity index (χ2v) is 4.12. The summed E-state index contributed by atoms with van der Waals surface area (Å²) >= 11 is 0. The highest BCUT2D eigenvalue weighted by Gasteiger charge is 2.02. The molecule has 1 N–H and O–H groups in total. The third-order valence-corrected chi connectivity index (χ3v) is 2.53. The number of unbranched alkanes of at least 4 members (excludes halogenated alkanes) is 2. The Hall–Kier alpha value is -2.10. The quantitative estimate of drug-likeness (QED) is 0.444. The van der Waals surface area contributed by atoms with Gasteiger partial charge >= 0.3 is 5.97 Å². The van der Waals surface area contributed by atoms with Crippen molar-refractivity contribution >= 4 is 11.8 Å². The molecule has 0 amide bonds. The highest BCUT2D eigenvalue weighted by Crippen LogP contribution is 2.13. The number of ether oxygens (including phenoxy) is 1. The van der Waals surface area contributed by atoms with Crippen molar-refractivity contribution in [1.29, 1.82) is 0 Å². The second-order valence-electron chi connectivity index (χ2n) is 4.12. The Bertz CT molecular complexity index is 446. The van der Waals surface area contributed by atoms with Crippen LogP contribution in [0.4, 0.5) is 0 Å². The number of ketones is 1. The molecule has 0 bridgehead atoms. The minimum absolute atomic E-state index is 0.333. The first-order chi connectivity index (χ1) is 9.13. The van der Waals surface area contributed by atoms with Crippen molar-refractivity contribution in [1.82, 2.24) is 0 Å². The minimum atomic E-state index is -1.13. The van der Waals surface area contributed by atoms with Crippen molar-refractivity contribution in [3.05, 3.63) is 42.0 Å². The zero-order chi connectivity index (χ0) is 14.1. The molecule has 0 unspecified atom stereocenters. The average molecular weight is 262 g/mol. The van der Waals surface area contributed by atoms with Gasteiger partial charge in [0.1, 0.15) is 5.75 Å². The summed E-state index contributed by atoms with van der Waals surface area (Å²) in [6.45, 7) is 2.80. The SMILES string of the molecule is CCCCCOc1ccc(C(=O)/C=C/C(=O)O)cc1. The van der Waals surface area contributed by atoms with Crippen LogP contribution in [0.5, 0.6) is 5.75 Å². The van der Waals surface area contributed by atoms with Crippen LogP contribution in [0.1, 0.15) is 36.5 Å². The molecule has 0 aromatic heterocycles. The molecule has 0 aliphatic rings. The molecule has 0 aliphatic heterocycles. The Morgan fingerprint density at radius 3 is 2.42 bits per heavy atom. The van der Waals surface area contributed by atoms with Gasteiger partial charge < -0.3 is 9.84 Å². The zero-order valence-corrected chi connectivity index (χ0v) is 11.0. The van der Waals surface area contributed by atoms with E-state index >= 15 is 0 Å². The van der Waals surface area contributed by atoms with E-state index in [1.54, 1.807) is 24.3 Å². The van der Waals surface area contributed by atoms with Gasteiger partial charge in [-0.05, 0) is 36.8 Å². The monoisotopic (exact) mass is 262 g/mol. The molecule has 4 nitrogen and oxygen atoms in total. The minimum Gasteiger partial charge on any atom is -0.494 e. The lowest BCUT2D eigenvalue weighted by Gasteiger charge is -2.05. The van der Waals surface area contributed by atoms with Gasteiger partial charge in [-0.1, -0.05) is 19.8 Å². The van der Waals surface area contributed by atoms with Crippen LogP contribution >= 0.6 is 0 Å². The molecular formula is C15H18O4. The molecule has 0 radical (unpaired) electrons. The number of benzene rings is 1. The molecule has 0 saturated carbocycles. The van der Waals surface area contributed by atoms with Crippen molar-refractivity contribution in [2.24, 2.45) is 0 Å². The summed E-state index contributed by atoms with van der Waals surface area (Å²) in [5.41, 5.74) is 0.443. The molecule has 0 fully saturated rings. The number of carbonyl (C=O) groups excluding carboxylic acids is 1. The molecule has 1 rings (SSSR count). The molecule has 19 heavy (non-hydrogen) atoms. The van der Waals surface area contributed by atoms with Crippen LogP contribution in [0.3, 0.4) is 0 Å². The molecule has 1 aromatic rings. The van der Waals surface area contributed by atoms with Gasteiger partial charge in [0.15, 0.2) is 5.78 Å². The van der Waals surface area contributed by atoms with Gasteiger partial charge in [0.05, 0.1) is 6.61 Å². The lowest BCUT2D eigenvalue weighted by Crippen LogP contribution is -1.99. The second kappa shape index (κ2) is 8.08. The van der Waals surface area contributed by atoms with Crippen LogP contribution in [0.25, 0.3) is 0 Å². The Labute approximate surface area is 112 Å². The van der Waals surface area contributed by atoms with Crippen LogP contribution in [0, 0.1) is 0 Å². The molecule has 0 heterocycles. The maximum atomic E-state index is 11.6. The maximum absolute atomic E-state index is 11.6. The summed E-state index contributed by atoms with van der Waals surface area (Å²) in [5.74, 6) is -0.751. The smallest absolute Gasteiger partial charge is 0.328 e. The molecule has 4 heteroatoms. The highest BCUT2D eigenvalue weighted by atomic mass is 16.5. The van der Waals surface area contributed by atoms with Crippen LogP contribution in [-0.4, -0.2) is 23.5 Å². The van der Waals surface area contributed by atoms with E-state index in [1.165, 1.54) is 0 Å². The van der Waals surface area contributed by atoms with Crippen molar-refractivity contribution < 1.29 is 19.4 Å². The summed E-state index contributed by atoms with van der Waals surface area (Å²) < 4.78 is 5.52. The fraction of sp³-hybridized carbons (Fsp3) is 0.333. The Balaban J connectivity index is 2.51. The molecule has 0 saturated heterocycles. The number of hydrogen-bond acceptors (Lipinski definition) is 3. The van der Waals surface area contributed by atoms with Crippen molar-refractivity contribution in [3.8, 4) is 5.75 Å². The van der Waals surface area contributed by atoms with Crippen LogP contribution in [0.2, 0.25) is 0 Å². The molecular weight excluding hydrogens is 244 g/mol. The van der Waals surface area contributed by atoms with E-state index in [0.717, 1.165) is 37.2 Å². The summed E-state index contributed by atoms with van der Waals surface area (Å²) in [6, 6.07) is 6.69. The van der Waals surface area contributed by atoms with Crippen LogP contribution in [-0.2, 0) is 4.79 Å². The third-order valence-electron chi connectivity index (χ3n) is 2.53. The average Bonchev–Trinajstić information content (AvgIpc) is 2.41. The molecule has 102 valence electrons. The van der Waals surface area contributed by atoms with E-state index in [1.807, 2.05) is 0 Å². The van der Waals surface area contributed by atoms with E-state index in [4.69, 9.17) is 9.84 Å². The van der Waals surface area contributed by atoms with Crippen molar-refractivity contribution in [2.45, 2.75) is 26.2 Å². The fourth-order valence-corrected chi connectivity index (χ4v) is 1.50. The first kappa shape index (κ1) is 15.0. The topological polar surface area (TPSA) is 63.6 Å². The van der Waals surface area contributed by atoms with Crippen LogP contribution < -0.4 is 4.74 Å². The first-order valence-corrected chi connectivity index (χ1v) is 6.31. The highest BCUT2D eigenvalue weighted by molar-refractivity contribution is 6.06. The summed E-state index contributed by atoms with van der Waals surface area (Å²) in [5, 5.41) is 8.44. The number of aliphatic carboxylic acids is 1. The van der Waals surface area contributed by atoms with E-state index in [9.17, 15) is 9.59 Å². The summed E-state index contributed by atoms with van der Waals surface area (Å²) in [7, 11) is 0. The van der Waals surface area contributed by atoms with Gasteiger partial charge in [0.2, 0.25) is 0 Å². The number of hydrogen-bond donors (Lipinski definition) is 1. The number of allylic oxidation sites excluding steroid dienone is 1. The molecule has 0 spiro atoms. The van der Waals surface area contributed by atoms with Gasteiger partial charge in [-0.15, -0.1) is 0 Å². The Morgan fingerprint density at radius 1 is 1.16 bits per heavy atom. The first-order valence-electron chi connectivity index (χ1n) is 6.31. The normalized spacial score (nSPS) is 10.6. The van der Waals surface area contributed by atoms with Gasteiger partial charge in [-0.25, -0.2) is 4.79 Å². The van der Waals surface area contributed by atoms with Gasteiger partial charge in [-0.2, -0.15) is 0 Å². The van der Waals surface area contributed by atoms with Gasteiger partial charge in [0.25, 0.3) is 0 Å².